The molecular weight excluding hydrogens is 430 g/mol. The molecule has 1 fully saturated rings. The molecule has 0 saturated carbocycles. The zero-order valence-electron chi connectivity index (χ0n) is 18.5. The van der Waals surface area contributed by atoms with Crippen molar-refractivity contribution in [3.8, 4) is 0 Å². The van der Waals surface area contributed by atoms with Crippen LogP contribution in [-0.4, -0.2) is 51.1 Å². The second kappa shape index (κ2) is 8.88. The third-order valence-electron chi connectivity index (χ3n) is 5.49. The lowest BCUT2D eigenvalue weighted by Gasteiger charge is -2.35. The Labute approximate surface area is 191 Å². The fourth-order valence-electron chi connectivity index (χ4n) is 4.06. The van der Waals surface area contributed by atoms with Crippen molar-refractivity contribution in [2.24, 2.45) is 0 Å². The van der Waals surface area contributed by atoms with Gasteiger partial charge < -0.3 is 19.9 Å². The molecule has 8 nitrogen and oxygen atoms in total. The number of carbonyl (C=O) groups excluding carboxylic acids is 1. The number of aromatic nitrogens is 3. The highest BCUT2D eigenvalue weighted by Crippen LogP contribution is 2.28. The summed E-state index contributed by atoms with van der Waals surface area (Å²) in [6.45, 7) is 8.72. The van der Waals surface area contributed by atoms with E-state index in [2.05, 4.69) is 20.3 Å². The topological polar surface area (TPSA) is 100 Å². The number of pyridine rings is 1. The van der Waals surface area contributed by atoms with E-state index in [9.17, 15) is 9.59 Å². The monoisotopic (exact) mass is 455 g/mol. The Morgan fingerprint density at radius 1 is 1.28 bits per heavy atom. The molecule has 1 amide bonds. The Morgan fingerprint density at radius 3 is 2.66 bits per heavy atom. The lowest BCUT2D eigenvalue weighted by Crippen LogP contribution is -2.48. The number of halogens is 1. The number of anilines is 1. The number of ether oxygens (including phenoxy) is 1. The molecule has 2 aromatic heterocycles. The molecule has 32 heavy (non-hydrogen) atoms. The highest BCUT2D eigenvalue weighted by molar-refractivity contribution is 6.32. The van der Waals surface area contributed by atoms with Crippen LogP contribution in [0, 0.1) is 6.92 Å². The summed E-state index contributed by atoms with van der Waals surface area (Å²) in [5, 5.41) is 4.27. The molecule has 0 radical (unpaired) electrons. The van der Waals surface area contributed by atoms with Gasteiger partial charge in [-0.1, -0.05) is 11.6 Å². The second-order valence-corrected chi connectivity index (χ2v) is 8.72. The first-order valence-electron chi connectivity index (χ1n) is 10.6. The molecule has 1 aliphatic heterocycles. The zero-order valence-corrected chi connectivity index (χ0v) is 19.2. The number of aromatic amines is 1. The lowest BCUT2D eigenvalue weighted by atomic mass is 10.1. The van der Waals surface area contributed by atoms with Crippen LogP contribution >= 0.6 is 11.6 Å². The average Bonchev–Trinajstić information content (AvgIpc) is 2.72. The minimum Gasteiger partial charge on any atom is -0.372 e. The van der Waals surface area contributed by atoms with Gasteiger partial charge in [-0.15, -0.1) is 0 Å². The van der Waals surface area contributed by atoms with Crippen LogP contribution in [0.4, 0.5) is 5.82 Å². The van der Waals surface area contributed by atoms with E-state index in [1.807, 2.05) is 20.8 Å². The minimum atomic E-state index is -0.220. The van der Waals surface area contributed by atoms with Gasteiger partial charge in [0, 0.05) is 24.3 Å². The van der Waals surface area contributed by atoms with Crippen LogP contribution in [0.15, 0.2) is 35.3 Å². The summed E-state index contributed by atoms with van der Waals surface area (Å²) in [6, 6.07) is 6.76. The molecule has 0 spiro atoms. The number of hydrogen-bond donors (Lipinski definition) is 2. The van der Waals surface area contributed by atoms with Crippen molar-refractivity contribution >= 4 is 34.2 Å². The smallest absolute Gasteiger partial charge is 0.258 e. The third kappa shape index (κ3) is 4.61. The molecular formula is C23H26ClN5O3. The fourth-order valence-corrected chi connectivity index (χ4v) is 4.38. The van der Waals surface area contributed by atoms with E-state index in [0.717, 1.165) is 5.56 Å². The third-order valence-corrected chi connectivity index (χ3v) is 5.82. The summed E-state index contributed by atoms with van der Waals surface area (Å²) in [4.78, 5) is 38.4. The van der Waals surface area contributed by atoms with Crippen LogP contribution in [0.3, 0.4) is 0 Å². The predicted octanol–water partition coefficient (Wildman–Crippen LogP) is 3.70. The number of carbonyl (C=O) groups is 1. The number of benzene rings is 1. The summed E-state index contributed by atoms with van der Waals surface area (Å²) in [5.41, 5.74) is 1.64. The van der Waals surface area contributed by atoms with Gasteiger partial charge in [0.15, 0.2) is 0 Å². The second-order valence-electron chi connectivity index (χ2n) is 8.31. The molecule has 0 aliphatic carbocycles. The maximum atomic E-state index is 12.8. The summed E-state index contributed by atoms with van der Waals surface area (Å²) in [6.07, 6.45) is 1.59. The van der Waals surface area contributed by atoms with Gasteiger partial charge in [-0.3, -0.25) is 9.59 Å². The highest BCUT2D eigenvalue weighted by Gasteiger charge is 2.26. The number of fused-ring (bicyclic) bond motifs is 1. The molecule has 4 rings (SSSR count). The van der Waals surface area contributed by atoms with Crippen molar-refractivity contribution in [2.75, 3.05) is 18.4 Å². The molecule has 168 valence electrons. The van der Waals surface area contributed by atoms with Gasteiger partial charge in [0.25, 0.3) is 11.5 Å². The van der Waals surface area contributed by atoms with E-state index in [1.165, 1.54) is 0 Å². The van der Waals surface area contributed by atoms with Crippen molar-refractivity contribution in [3.63, 3.8) is 0 Å². The number of hydrogen-bond acceptors (Lipinski definition) is 6. The highest BCUT2D eigenvalue weighted by atomic mass is 35.5. The first-order valence-corrected chi connectivity index (χ1v) is 11.0. The minimum absolute atomic E-state index is 0.00972. The predicted molar refractivity (Wildman–Crippen MR) is 124 cm³/mol. The van der Waals surface area contributed by atoms with Crippen molar-refractivity contribution in [1.82, 2.24) is 19.9 Å². The van der Waals surface area contributed by atoms with Crippen LogP contribution < -0.4 is 10.9 Å². The van der Waals surface area contributed by atoms with Crippen LogP contribution in [0.25, 0.3) is 10.9 Å². The number of aryl methyl sites for hydroxylation is 1. The Hall–Kier alpha value is -2.97. The normalized spacial score (nSPS) is 19.7. The molecule has 3 aromatic rings. The summed E-state index contributed by atoms with van der Waals surface area (Å²) in [7, 11) is 0. The number of morpholine rings is 1. The van der Waals surface area contributed by atoms with E-state index in [1.54, 1.807) is 42.3 Å². The first-order chi connectivity index (χ1) is 15.2. The van der Waals surface area contributed by atoms with Crippen molar-refractivity contribution in [2.45, 2.75) is 45.9 Å². The number of rotatable bonds is 4. The fraction of sp³-hybridized carbons (Fsp3) is 0.391. The van der Waals surface area contributed by atoms with Crippen LogP contribution in [-0.2, 0) is 4.74 Å². The molecule has 1 aliphatic rings. The number of amides is 1. The van der Waals surface area contributed by atoms with Crippen LogP contribution in [0.1, 0.15) is 48.6 Å². The molecule has 1 saturated heterocycles. The van der Waals surface area contributed by atoms with Gasteiger partial charge in [-0.05, 0) is 57.5 Å². The maximum Gasteiger partial charge on any atom is 0.258 e. The van der Waals surface area contributed by atoms with Gasteiger partial charge in [0.2, 0.25) is 0 Å². The van der Waals surface area contributed by atoms with Gasteiger partial charge in [-0.2, -0.15) is 0 Å². The van der Waals surface area contributed by atoms with Gasteiger partial charge in [-0.25, -0.2) is 9.97 Å². The maximum absolute atomic E-state index is 12.8. The van der Waals surface area contributed by atoms with Gasteiger partial charge >= 0.3 is 0 Å². The standard InChI is InChI=1S/C23H26ClN5O3/c1-12-10-29(11-13(2)32-12)23(31)16-5-6-21(25-9-16)26-14(3)17-7-18-20(8-19(17)24)27-15(4)28-22(18)30/h5-9,12-14H,10-11H2,1-4H3,(H,25,26)(H,27,28,30)/t12-,13+,14-/m0/s1. The lowest BCUT2D eigenvalue weighted by molar-refractivity contribution is -0.0586. The Morgan fingerprint density at radius 2 is 2.00 bits per heavy atom. The molecule has 0 unspecified atom stereocenters. The largest absolute Gasteiger partial charge is 0.372 e. The van der Waals surface area contributed by atoms with Crippen molar-refractivity contribution < 1.29 is 9.53 Å². The summed E-state index contributed by atoms with van der Waals surface area (Å²) >= 11 is 6.47. The van der Waals surface area contributed by atoms with E-state index in [0.29, 0.717) is 46.2 Å². The van der Waals surface area contributed by atoms with Crippen molar-refractivity contribution in [3.05, 3.63) is 62.8 Å². The molecule has 2 N–H and O–H groups in total. The summed E-state index contributed by atoms with van der Waals surface area (Å²) in [5.74, 6) is 1.08. The molecule has 1 aromatic carbocycles. The zero-order chi connectivity index (χ0) is 23.0. The molecule has 3 atom stereocenters. The SMILES string of the molecule is Cc1nc2cc(Cl)c([C@H](C)Nc3ccc(C(=O)N4C[C@@H](C)O[C@@H](C)C4)cn3)cc2c(=O)[nH]1. The van der Waals surface area contributed by atoms with Gasteiger partial charge in [0.1, 0.15) is 11.6 Å². The molecule has 3 heterocycles. The molecule has 0 bridgehead atoms. The average molecular weight is 456 g/mol. The summed E-state index contributed by atoms with van der Waals surface area (Å²) < 4.78 is 5.70. The quantitative estimate of drug-likeness (QED) is 0.622. The van der Waals surface area contributed by atoms with E-state index in [-0.39, 0.29) is 29.7 Å². The Bertz CT molecular complexity index is 1200. The Balaban J connectivity index is 1.50. The van der Waals surface area contributed by atoms with Gasteiger partial charge in [0.05, 0.1) is 34.7 Å². The number of nitrogens with zero attached hydrogens (tertiary/aromatic N) is 3. The number of H-pyrrole nitrogens is 1. The van der Waals surface area contributed by atoms with Crippen LogP contribution in [0.2, 0.25) is 5.02 Å². The van der Waals surface area contributed by atoms with E-state index >= 15 is 0 Å². The van der Waals surface area contributed by atoms with E-state index in [4.69, 9.17) is 16.3 Å². The molecule has 9 heteroatoms. The van der Waals surface area contributed by atoms with Crippen LogP contribution in [0.5, 0.6) is 0 Å². The van der Waals surface area contributed by atoms with E-state index < -0.39 is 0 Å². The van der Waals surface area contributed by atoms with Crippen molar-refractivity contribution in [1.29, 1.82) is 0 Å². The first kappa shape index (κ1) is 22.2. The Kier molecular flexibility index (Phi) is 6.17. The number of nitrogens with one attached hydrogen (secondary N) is 2.